The zero-order valence-electron chi connectivity index (χ0n) is 12.5. The van der Waals surface area contributed by atoms with Crippen molar-refractivity contribution in [1.82, 2.24) is 0 Å². The van der Waals surface area contributed by atoms with Crippen molar-refractivity contribution in [3.05, 3.63) is 65.2 Å². The lowest BCUT2D eigenvalue weighted by Gasteiger charge is -2.12. The zero-order chi connectivity index (χ0) is 16.2. The maximum atomic E-state index is 12.0. The van der Waals surface area contributed by atoms with Gasteiger partial charge in [0.05, 0.1) is 5.56 Å². The average Bonchev–Trinajstić information content (AvgIpc) is 3.39. The number of carboxylic acid groups (broad SMARTS) is 1. The van der Waals surface area contributed by atoms with Gasteiger partial charge in [-0.2, -0.15) is 0 Å². The Kier molecular flexibility index (Phi) is 4.28. The first-order valence-electron chi connectivity index (χ1n) is 7.48. The number of rotatable bonds is 5. The van der Waals surface area contributed by atoms with Crippen LogP contribution >= 0.6 is 0 Å². The Morgan fingerprint density at radius 2 is 1.87 bits per heavy atom. The van der Waals surface area contributed by atoms with Crippen LogP contribution in [0.25, 0.3) is 0 Å². The Bertz CT molecular complexity index is 723. The van der Waals surface area contributed by atoms with Crippen LogP contribution in [0.4, 0.5) is 10.5 Å². The van der Waals surface area contributed by atoms with Gasteiger partial charge >= 0.3 is 12.1 Å². The fraction of sp³-hybridized carbons (Fsp3) is 0.222. The zero-order valence-corrected chi connectivity index (χ0v) is 12.5. The standard InChI is InChI=1S/C18H17NO4/c20-17(21)14-8-9-16(15(10-14)13-6-7-13)19-18(22)23-11-12-4-2-1-3-5-12/h1-5,8-10,13H,6-7,11H2,(H,19,22)(H,20,21). The molecule has 1 saturated carbocycles. The molecule has 0 aliphatic heterocycles. The van der Waals surface area contributed by atoms with Gasteiger partial charge in [-0.05, 0) is 48.1 Å². The Morgan fingerprint density at radius 3 is 2.52 bits per heavy atom. The molecule has 3 rings (SSSR count). The van der Waals surface area contributed by atoms with Crippen LogP contribution in [0.5, 0.6) is 0 Å². The molecule has 0 aromatic heterocycles. The number of carboxylic acids is 1. The van der Waals surface area contributed by atoms with E-state index < -0.39 is 12.1 Å². The number of carbonyl (C=O) groups excluding carboxylic acids is 1. The van der Waals surface area contributed by atoms with Crippen LogP contribution in [0.2, 0.25) is 0 Å². The van der Waals surface area contributed by atoms with Crippen LogP contribution in [-0.2, 0) is 11.3 Å². The largest absolute Gasteiger partial charge is 0.478 e. The van der Waals surface area contributed by atoms with Crippen LogP contribution < -0.4 is 5.32 Å². The molecule has 2 N–H and O–H groups in total. The van der Waals surface area contributed by atoms with Crippen molar-refractivity contribution in [2.45, 2.75) is 25.4 Å². The molecule has 118 valence electrons. The third kappa shape index (κ3) is 3.88. The molecular weight excluding hydrogens is 294 g/mol. The molecule has 2 aromatic rings. The molecule has 1 aliphatic rings. The number of ether oxygens (including phenoxy) is 1. The van der Waals surface area contributed by atoms with Gasteiger partial charge in [-0.15, -0.1) is 0 Å². The number of carbonyl (C=O) groups is 2. The van der Waals surface area contributed by atoms with E-state index >= 15 is 0 Å². The Hall–Kier alpha value is -2.82. The van der Waals surface area contributed by atoms with Gasteiger partial charge in [0.15, 0.2) is 0 Å². The summed E-state index contributed by atoms with van der Waals surface area (Å²) < 4.78 is 5.20. The Balaban J connectivity index is 1.67. The lowest BCUT2D eigenvalue weighted by molar-refractivity contribution is 0.0696. The third-order valence-corrected chi connectivity index (χ3v) is 3.77. The lowest BCUT2D eigenvalue weighted by atomic mass is 10.0. The fourth-order valence-electron chi connectivity index (χ4n) is 2.41. The van der Waals surface area contributed by atoms with Crippen LogP contribution in [0.3, 0.4) is 0 Å². The number of hydrogen-bond donors (Lipinski definition) is 2. The predicted octanol–water partition coefficient (Wildman–Crippen LogP) is 4.01. The minimum absolute atomic E-state index is 0.193. The number of hydrogen-bond acceptors (Lipinski definition) is 3. The van der Waals surface area contributed by atoms with Crippen molar-refractivity contribution in [1.29, 1.82) is 0 Å². The first kappa shape index (κ1) is 15.1. The highest BCUT2D eigenvalue weighted by molar-refractivity contribution is 5.91. The number of benzene rings is 2. The average molecular weight is 311 g/mol. The summed E-state index contributed by atoms with van der Waals surface area (Å²) in [7, 11) is 0. The van der Waals surface area contributed by atoms with Gasteiger partial charge in [0.1, 0.15) is 6.61 Å². The first-order chi connectivity index (χ1) is 11.1. The molecule has 0 unspecified atom stereocenters. The van der Waals surface area contributed by atoms with Crippen molar-refractivity contribution < 1.29 is 19.4 Å². The molecule has 23 heavy (non-hydrogen) atoms. The van der Waals surface area contributed by atoms with Gasteiger partial charge in [-0.3, -0.25) is 5.32 Å². The normalized spacial score (nSPS) is 13.4. The van der Waals surface area contributed by atoms with Crippen LogP contribution in [-0.4, -0.2) is 17.2 Å². The van der Waals surface area contributed by atoms with Gasteiger partial charge in [0, 0.05) is 5.69 Å². The van der Waals surface area contributed by atoms with Gasteiger partial charge in [-0.1, -0.05) is 30.3 Å². The molecule has 0 bridgehead atoms. The number of anilines is 1. The summed E-state index contributed by atoms with van der Waals surface area (Å²) in [6.07, 6.45) is 1.48. The maximum Gasteiger partial charge on any atom is 0.411 e. The van der Waals surface area contributed by atoms with E-state index in [9.17, 15) is 9.59 Å². The van der Waals surface area contributed by atoms with Gasteiger partial charge in [0.2, 0.25) is 0 Å². The fourth-order valence-corrected chi connectivity index (χ4v) is 2.41. The molecule has 0 spiro atoms. The molecule has 2 aromatic carbocycles. The predicted molar refractivity (Wildman–Crippen MR) is 85.6 cm³/mol. The summed E-state index contributed by atoms with van der Waals surface area (Å²) >= 11 is 0. The van der Waals surface area contributed by atoms with Crippen molar-refractivity contribution in [2.75, 3.05) is 5.32 Å². The summed E-state index contributed by atoms with van der Waals surface area (Å²) in [6, 6.07) is 14.2. The Morgan fingerprint density at radius 1 is 1.13 bits per heavy atom. The van der Waals surface area contributed by atoms with E-state index in [1.807, 2.05) is 30.3 Å². The number of amides is 1. The SMILES string of the molecule is O=C(Nc1ccc(C(=O)O)cc1C1CC1)OCc1ccccc1. The quantitative estimate of drug-likeness (QED) is 0.874. The van der Waals surface area contributed by atoms with E-state index in [-0.39, 0.29) is 12.2 Å². The van der Waals surface area contributed by atoms with Crippen molar-refractivity contribution in [3.8, 4) is 0 Å². The molecule has 5 heteroatoms. The van der Waals surface area contributed by atoms with Crippen LogP contribution in [0.15, 0.2) is 48.5 Å². The number of aromatic carboxylic acids is 1. The highest BCUT2D eigenvalue weighted by atomic mass is 16.5. The second kappa shape index (κ2) is 6.52. The van der Waals surface area contributed by atoms with Crippen molar-refractivity contribution in [2.24, 2.45) is 0 Å². The molecule has 1 amide bonds. The summed E-state index contributed by atoms with van der Waals surface area (Å²) in [6.45, 7) is 0.193. The minimum atomic E-state index is -0.967. The monoisotopic (exact) mass is 311 g/mol. The maximum absolute atomic E-state index is 12.0. The molecule has 0 radical (unpaired) electrons. The van der Waals surface area contributed by atoms with Gasteiger partial charge < -0.3 is 9.84 Å². The summed E-state index contributed by atoms with van der Waals surface area (Å²) in [5.74, 6) is -0.649. The summed E-state index contributed by atoms with van der Waals surface area (Å²) in [4.78, 5) is 23.0. The van der Waals surface area contributed by atoms with Crippen molar-refractivity contribution >= 4 is 17.7 Å². The molecular formula is C18H17NO4. The van der Waals surface area contributed by atoms with E-state index in [2.05, 4.69) is 5.32 Å². The second-order valence-corrected chi connectivity index (χ2v) is 5.57. The summed E-state index contributed by atoms with van der Waals surface area (Å²) in [5.41, 5.74) is 2.62. The lowest BCUT2D eigenvalue weighted by Crippen LogP contribution is -2.15. The van der Waals surface area contributed by atoms with Crippen LogP contribution in [0, 0.1) is 0 Å². The molecule has 0 atom stereocenters. The highest BCUT2D eigenvalue weighted by Crippen LogP contribution is 2.43. The topological polar surface area (TPSA) is 75.6 Å². The first-order valence-corrected chi connectivity index (χ1v) is 7.48. The molecule has 1 fully saturated rings. The number of nitrogens with one attached hydrogen (secondary N) is 1. The smallest absolute Gasteiger partial charge is 0.411 e. The van der Waals surface area contributed by atoms with Gasteiger partial charge in [-0.25, -0.2) is 9.59 Å². The minimum Gasteiger partial charge on any atom is -0.478 e. The van der Waals surface area contributed by atoms with Crippen molar-refractivity contribution in [3.63, 3.8) is 0 Å². The molecule has 0 saturated heterocycles. The van der Waals surface area contributed by atoms with E-state index in [4.69, 9.17) is 9.84 Å². The van der Waals surface area contributed by atoms with Crippen LogP contribution in [0.1, 0.15) is 40.2 Å². The Labute approximate surface area is 133 Å². The molecule has 0 heterocycles. The van der Waals surface area contributed by atoms with E-state index in [1.54, 1.807) is 12.1 Å². The van der Waals surface area contributed by atoms with E-state index in [0.717, 1.165) is 24.0 Å². The van der Waals surface area contributed by atoms with Gasteiger partial charge in [0.25, 0.3) is 0 Å². The second-order valence-electron chi connectivity index (χ2n) is 5.57. The van der Waals surface area contributed by atoms with E-state index in [1.165, 1.54) is 6.07 Å². The highest BCUT2D eigenvalue weighted by Gasteiger charge is 2.27. The van der Waals surface area contributed by atoms with E-state index in [0.29, 0.717) is 11.6 Å². The molecule has 1 aliphatic carbocycles. The molecule has 5 nitrogen and oxygen atoms in total. The summed E-state index contributed by atoms with van der Waals surface area (Å²) in [5, 5.41) is 11.8. The third-order valence-electron chi connectivity index (χ3n) is 3.77.